The van der Waals surface area contributed by atoms with Crippen LogP contribution in [-0.2, 0) is 4.79 Å². The Labute approximate surface area is 144 Å². The summed E-state index contributed by atoms with van der Waals surface area (Å²) in [5.74, 6) is 2.37. The Bertz CT molecular complexity index is 661. The predicted octanol–water partition coefficient (Wildman–Crippen LogP) is 4.76. The van der Waals surface area contributed by atoms with Crippen LogP contribution in [0.4, 0.5) is 0 Å². The molecule has 0 heterocycles. The highest BCUT2D eigenvalue weighted by Gasteiger charge is 2.61. The Morgan fingerprint density at radius 2 is 2.04 bits per heavy atom. The summed E-state index contributed by atoms with van der Waals surface area (Å²) in [5.41, 5.74) is 1.81. The Hall–Kier alpha value is -1.38. The maximum atomic E-state index is 13.3. The molecule has 24 heavy (non-hydrogen) atoms. The van der Waals surface area contributed by atoms with E-state index in [0.29, 0.717) is 35.7 Å². The molecule has 4 aliphatic carbocycles. The van der Waals surface area contributed by atoms with Gasteiger partial charge in [-0.25, -0.2) is 0 Å². The standard InChI is InChI=1S/C21H29NO2/c1-13(22-24)16-9-10-17-15-8-7-14-6-4-5-11-20(14,2)19(15)18(23)12-21(16,17)3/h4-5,9,14-15,17,19,24H,6-8,10-12H2,1-3H3/b22-13-/t14-,15+,17+,19-,20+,21-/m1/s1. The van der Waals surface area contributed by atoms with Gasteiger partial charge in [-0.2, -0.15) is 0 Å². The van der Waals surface area contributed by atoms with Gasteiger partial charge in [-0.05, 0) is 67.8 Å². The van der Waals surface area contributed by atoms with Crippen LogP contribution in [0, 0.1) is 34.5 Å². The lowest BCUT2D eigenvalue weighted by Gasteiger charge is -2.58. The number of nitrogens with zero attached hydrogens (tertiary/aromatic N) is 1. The first-order chi connectivity index (χ1) is 11.4. The lowest BCUT2D eigenvalue weighted by molar-refractivity contribution is -0.150. The predicted molar refractivity (Wildman–Crippen MR) is 95.0 cm³/mol. The number of carbonyl (C=O) groups excluding carboxylic acids is 1. The molecule has 3 heteroatoms. The van der Waals surface area contributed by atoms with Crippen molar-refractivity contribution in [3.63, 3.8) is 0 Å². The van der Waals surface area contributed by atoms with Crippen LogP contribution in [0.15, 0.2) is 29.0 Å². The molecule has 0 aromatic carbocycles. The molecule has 3 nitrogen and oxygen atoms in total. The molecule has 130 valence electrons. The van der Waals surface area contributed by atoms with Gasteiger partial charge in [0.05, 0.1) is 5.71 Å². The molecule has 0 spiro atoms. The average molecular weight is 327 g/mol. The molecule has 0 aromatic heterocycles. The van der Waals surface area contributed by atoms with Gasteiger partial charge >= 0.3 is 0 Å². The molecule has 0 radical (unpaired) electrons. The van der Waals surface area contributed by atoms with E-state index in [9.17, 15) is 10.0 Å². The van der Waals surface area contributed by atoms with Gasteiger partial charge in [-0.15, -0.1) is 0 Å². The zero-order valence-electron chi connectivity index (χ0n) is 15.1. The number of hydrogen-bond donors (Lipinski definition) is 1. The van der Waals surface area contributed by atoms with Crippen molar-refractivity contribution in [2.75, 3.05) is 0 Å². The Morgan fingerprint density at radius 1 is 1.25 bits per heavy atom. The smallest absolute Gasteiger partial charge is 0.137 e. The third kappa shape index (κ3) is 1.96. The summed E-state index contributed by atoms with van der Waals surface area (Å²) in [6.07, 6.45) is 13.2. The first-order valence-electron chi connectivity index (χ1n) is 9.49. The zero-order chi connectivity index (χ0) is 17.1. The largest absolute Gasteiger partial charge is 0.411 e. The number of ketones is 1. The van der Waals surface area contributed by atoms with E-state index in [1.54, 1.807) is 0 Å². The van der Waals surface area contributed by atoms with Gasteiger partial charge in [0, 0.05) is 17.8 Å². The van der Waals surface area contributed by atoms with Crippen LogP contribution in [0.2, 0.25) is 0 Å². The highest BCUT2D eigenvalue weighted by atomic mass is 16.4. The van der Waals surface area contributed by atoms with Crippen LogP contribution in [0.3, 0.4) is 0 Å². The molecule has 6 atom stereocenters. The zero-order valence-corrected chi connectivity index (χ0v) is 15.1. The van der Waals surface area contributed by atoms with Gasteiger partial charge in [-0.1, -0.05) is 37.2 Å². The fourth-order valence-electron chi connectivity index (χ4n) is 6.85. The maximum Gasteiger partial charge on any atom is 0.137 e. The molecule has 0 aromatic rings. The van der Waals surface area contributed by atoms with Crippen molar-refractivity contribution < 1.29 is 10.0 Å². The Balaban J connectivity index is 1.72. The van der Waals surface area contributed by atoms with E-state index in [2.05, 4.69) is 37.2 Å². The monoisotopic (exact) mass is 327 g/mol. The number of oxime groups is 1. The second kappa shape index (κ2) is 5.31. The SMILES string of the molecule is C/C(=N/O)C1=CC[C@H]2[C@@H]3CC[C@H]4CC=CC[C@]4(C)[C@H]3C(=O)C[C@]12C. The van der Waals surface area contributed by atoms with Crippen LogP contribution in [-0.4, -0.2) is 16.7 Å². The van der Waals surface area contributed by atoms with Gasteiger partial charge in [0.15, 0.2) is 0 Å². The molecule has 0 aliphatic heterocycles. The summed E-state index contributed by atoms with van der Waals surface area (Å²) in [6.45, 7) is 6.47. The van der Waals surface area contributed by atoms with Gasteiger partial charge in [0.1, 0.15) is 5.78 Å². The highest BCUT2D eigenvalue weighted by molar-refractivity contribution is 6.01. The summed E-state index contributed by atoms with van der Waals surface area (Å²) in [4.78, 5) is 13.3. The van der Waals surface area contributed by atoms with Crippen molar-refractivity contribution in [2.24, 2.45) is 39.7 Å². The molecule has 0 saturated heterocycles. The minimum absolute atomic E-state index is 0.137. The maximum absolute atomic E-state index is 13.3. The Morgan fingerprint density at radius 3 is 2.79 bits per heavy atom. The molecule has 1 N–H and O–H groups in total. The first-order valence-corrected chi connectivity index (χ1v) is 9.49. The molecule has 4 rings (SSSR count). The number of carbonyl (C=O) groups is 1. The number of hydrogen-bond acceptors (Lipinski definition) is 3. The normalized spacial score (nSPS) is 47.7. The van der Waals surface area contributed by atoms with Gasteiger partial charge in [-0.3, -0.25) is 4.79 Å². The Kier molecular flexibility index (Phi) is 3.56. The van der Waals surface area contributed by atoms with Crippen molar-refractivity contribution in [3.05, 3.63) is 23.8 Å². The fraction of sp³-hybridized carbons (Fsp3) is 0.714. The van der Waals surface area contributed by atoms with E-state index in [1.807, 2.05) is 6.92 Å². The van der Waals surface area contributed by atoms with Crippen molar-refractivity contribution >= 4 is 11.5 Å². The van der Waals surface area contributed by atoms with Gasteiger partial charge in [0.25, 0.3) is 0 Å². The van der Waals surface area contributed by atoms with E-state index < -0.39 is 0 Å². The number of rotatable bonds is 1. The fourth-order valence-corrected chi connectivity index (χ4v) is 6.85. The third-order valence-electron chi connectivity index (χ3n) is 8.02. The minimum atomic E-state index is -0.137. The van der Waals surface area contributed by atoms with Crippen LogP contribution < -0.4 is 0 Å². The van der Waals surface area contributed by atoms with Crippen LogP contribution in [0.5, 0.6) is 0 Å². The molecule has 0 amide bonds. The quantitative estimate of drug-likeness (QED) is 0.327. The third-order valence-corrected chi connectivity index (χ3v) is 8.02. The molecule has 0 bridgehead atoms. The first kappa shape index (κ1) is 16.1. The molecule has 4 aliphatic rings. The van der Waals surface area contributed by atoms with Crippen LogP contribution in [0.1, 0.15) is 59.3 Å². The minimum Gasteiger partial charge on any atom is -0.411 e. The van der Waals surface area contributed by atoms with E-state index in [4.69, 9.17) is 0 Å². The van der Waals surface area contributed by atoms with E-state index in [-0.39, 0.29) is 16.7 Å². The van der Waals surface area contributed by atoms with E-state index in [1.165, 1.54) is 12.8 Å². The average Bonchev–Trinajstić information content (AvgIpc) is 2.89. The lowest BCUT2D eigenvalue weighted by atomic mass is 9.45. The second-order valence-electron chi connectivity index (χ2n) is 9.04. The van der Waals surface area contributed by atoms with E-state index >= 15 is 0 Å². The number of fused-ring (bicyclic) bond motifs is 5. The molecule has 0 unspecified atom stereocenters. The van der Waals surface area contributed by atoms with Gasteiger partial charge < -0.3 is 5.21 Å². The summed E-state index contributed by atoms with van der Waals surface area (Å²) in [6, 6.07) is 0. The van der Waals surface area contributed by atoms with Crippen LogP contribution in [0.25, 0.3) is 0 Å². The summed E-state index contributed by atoms with van der Waals surface area (Å²) in [7, 11) is 0. The highest BCUT2D eigenvalue weighted by Crippen LogP contribution is 2.64. The number of Topliss-reactive ketones (excluding diaryl/α,β-unsaturated/α-hetero) is 1. The van der Waals surface area contributed by atoms with Crippen molar-refractivity contribution in [1.29, 1.82) is 0 Å². The second-order valence-corrected chi connectivity index (χ2v) is 9.04. The number of allylic oxidation sites excluding steroid dienone is 4. The van der Waals surface area contributed by atoms with Crippen molar-refractivity contribution in [3.8, 4) is 0 Å². The van der Waals surface area contributed by atoms with Crippen molar-refractivity contribution in [1.82, 2.24) is 0 Å². The van der Waals surface area contributed by atoms with Crippen molar-refractivity contribution in [2.45, 2.75) is 59.3 Å². The topological polar surface area (TPSA) is 49.7 Å². The molecular weight excluding hydrogens is 298 g/mol. The molecule has 2 saturated carbocycles. The summed E-state index contributed by atoms with van der Waals surface area (Å²) < 4.78 is 0. The summed E-state index contributed by atoms with van der Waals surface area (Å²) >= 11 is 0. The van der Waals surface area contributed by atoms with Crippen LogP contribution >= 0.6 is 0 Å². The van der Waals surface area contributed by atoms with Gasteiger partial charge in [0.2, 0.25) is 0 Å². The summed E-state index contributed by atoms with van der Waals surface area (Å²) in [5, 5.41) is 12.7. The molecule has 2 fully saturated rings. The molecular formula is C21H29NO2. The lowest BCUT2D eigenvalue weighted by Crippen LogP contribution is -2.56. The van der Waals surface area contributed by atoms with E-state index in [0.717, 1.165) is 24.8 Å².